The Kier molecular flexibility index (Phi) is 5.64. The molecule has 1 aromatic rings. The fourth-order valence-corrected chi connectivity index (χ4v) is 2.35. The second kappa shape index (κ2) is 7.47. The maximum atomic E-state index is 13.0. The Hall–Kier alpha value is -1.53. The van der Waals surface area contributed by atoms with Crippen LogP contribution >= 0.6 is 0 Å². The molecule has 21 heavy (non-hydrogen) atoms. The monoisotopic (exact) mass is 297 g/mol. The third kappa shape index (κ3) is 5.06. The first-order chi connectivity index (χ1) is 10.0. The molecule has 0 spiro atoms. The van der Waals surface area contributed by atoms with Crippen molar-refractivity contribution in [3.05, 3.63) is 35.4 Å². The van der Waals surface area contributed by atoms with E-state index in [0.717, 1.165) is 32.2 Å². The molecule has 1 heterocycles. The van der Waals surface area contributed by atoms with Gasteiger partial charge in [0.1, 0.15) is 11.6 Å². The van der Waals surface area contributed by atoms with E-state index in [4.69, 9.17) is 0 Å². The molecule has 0 atom stereocenters. The van der Waals surface area contributed by atoms with Gasteiger partial charge in [-0.25, -0.2) is 8.78 Å². The van der Waals surface area contributed by atoms with Crippen molar-refractivity contribution in [1.82, 2.24) is 15.1 Å². The zero-order valence-corrected chi connectivity index (χ0v) is 12.2. The van der Waals surface area contributed by atoms with E-state index >= 15 is 0 Å². The van der Waals surface area contributed by atoms with Crippen LogP contribution in [0.25, 0.3) is 0 Å². The molecule has 1 aliphatic heterocycles. The quantitative estimate of drug-likeness (QED) is 0.819. The summed E-state index contributed by atoms with van der Waals surface area (Å²) in [6, 6.07) is 3.48. The summed E-state index contributed by atoms with van der Waals surface area (Å²) >= 11 is 0. The number of hydrogen-bond acceptors (Lipinski definition) is 3. The molecule has 1 aliphatic rings. The molecule has 0 aliphatic carbocycles. The second-order valence-corrected chi connectivity index (χ2v) is 5.39. The number of amides is 1. The zero-order valence-electron chi connectivity index (χ0n) is 12.2. The SMILES string of the molecule is CN1CCN(C(=O)CNCCc2cc(F)cc(F)c2)CC1. The second-order valence-electron chi connectivity index (χ2n) is 5.39. The molecule has 1 aromatic carbocycles. The van der Waals surface area contributed by atoms with Gasteiger partial charge in [-0.15, -0.1) is 0 Å². The lowest BCUT2D eigenvalue weighted by atomic mass is 10.1. The Labute approximate surface area is 123 Å². The van der Waals surface area contributed by atoms with Gasteiger partial charge in [-0.2, -0.15) is 0 Å². The van der Waals surface area contributed by atoms with E-state index in [-0.39, 0.29) is 12.5 Å². The van der Waals surface area contributed by atoms with E-state index in [1.807, 2.05) is 11.9 Å². The molecule has 0 saturated carbocycles. The Balaban J connectivity index is 1.68. The van der Waals surface area contributed by atoms with Crippen LogP contribution in [0.5, 0.6) is 0 Å². The summed E-state index contributed by atoms with van der Waals surface area (Å²) in [4.78, 5) is 16.0. The number of halogens is 2. The Bertz CT molecular complexity index is 468. The van der Waals surface area contributed by atoms with E-state index in [9.17, 15) is 13.6 Å². The fourth-order valence-electron chi connectivity index (χ4n) is 2.35. The van der Waals surface area contributed by atoms with E-state index in [0.29, 0.717) is 18.5 Å². The van der Waals surface area contributed by atoms with Gasteiger partial charge in [0.05, 0.1) is 6.54 Å². The highest BCUT2D eigenvalue weighted by atomic mass is 19.1. The topological polar surface area (TPSA) is 35.6 Å². The number of nitrogens with one attached hydrogen (secondary N) is 1. The molecular formula is C15H21F2N3O. The number of carbonyl (C=O) groups is 1. The van der Waals surface area contributed by atoms with Crippen LogP contribution in [-0.2, 0) is 11.2 Å². The van der Waals surface area contributed by atoms with E-state index < -0.39 is 11.6 Å². The molecule has 116 valence electrons. The third-order valence-corrected chi connectivity index (χ3v) is 3.65. The molecule has 0 unspecified atom stereocenters. The molecule has 2 rings (SSSR count). The largest absolute Gasteiger partial charge is 0.339 e. The molecule has 0 bridgehead atoms. The maximum absolute atomic E-state index is 13.0. The predicted molar refractivity (Wildman–Crippen MR) is 77.0 cm³/mol. The summed E-state index contributed by atoms with van der Waals surface area (Å²) in [5.41, 5.74) is 0.590. The molecule has 4 nitrogen and oxygen atoms in total. The molecule has 0 aromatic heterocycles. The van der Waals surface area contributed by atoms with Crippen molar-refractivity contribution in [2.24, 2.45) is 0 Å². The number of piperazine rings is 1. The first-order valence-electron chi connectivity index (χ1n) is 7.16. The normalized spacial score (nSPS) is 16.2. The van der Waals surface area contributed by atoms with Crippen molar-refractivity contribution in [3.63, 3.8) is 0 Å². The van der Waals surface area contributed by atoms with Crippen LogP contribution in [0.1, 0.15) is 5.56 Å². The van der Waals surface area contributed by atoms with E-state index in [1.165, 1.54) is 12.1 Å². The fraction of sp³-hybridized carbons (Fsp3) is 0.533. The van der Waals surface area contributed by atoms with Crippen LogP contribution in [0.3, 0.4) is 0 Å². The summed E-state index contributed by atoms with van der Waals surface area (Å²) in [5, 5.41) is 3.03. The minimum absolute atomic E-state index is 0.0773. The molecule has 1 fully saturated rings. The van der Waals surface area contributed by atoms with Crippen LogP contribution < -0.4 is 5.32 Å². The number of carbonyl (C=O) groups excluding carboxylic acids is 1. The highest BCUT2D eigenvalue weighted by Crippen LogP contribution is 2.08. The van der Waals surface area contributed by atoms with Gasteiger partial charge in [0, 0.05) is 32.2 Å². The average Bonchev–Trinajstić information content (AvgIpc) is 2.43. The van der Waals surface area contributed by atoms with Crippen molar-refractivity contribution >= 4 is 5.91 Å². The first kappa shape index (κ1) is 15.9. The van der Waals surface area contributed by atoms with Gasteiger partial charge in [0.25, 0.3) is 0 Å². The lowest BCUT2D eigenvalue weighted by Gasteiger charge is -2.32. The lowest BCUT2D eigenvalue weighted by Crippen LogP contribution is -2.49. The van der Waals surface area contributed by atoms with Crippen LogP contribution in [-0.4, -0.2) is 62.0 Å². The smallest absolute Gasteiger partial charge is 0.236 e. The van der Waals surface area contributed by atoms with Gasteiger partial charge in [-0.1, -0.05) is 0 Å². The Morgan fingerprint density at radius 2 is 1.76 bits per heavy atom. The molecule has 6 heteroatoms. The molecular weight excluding hydrogens is 276 g/mol. The third-order valence-electron chi connectivity index (χ3n) is 3.65. The van der Waals surface area contributed by atoms with Crippen LogP contribution in [0, 0.1) is 11.6 Å². The minimum atomic E-state index is -0.571. The summed E-state index contributed by atoms with van der Waals surface area (Å²) in [5.74, 6) is -1.06. The summed E-state index contributed by atoms with van der Waals surface area (Å²) in [6.45, 7) is 4.09. The predicted octanol–water partition coefficient (Wildman–Crippen LogP) is 0.871. The van der Waals surface area contributed by atoms with E-state index in [1.54, 1.807) is 0 Å². The highest BCUT2D eigenvalue weighted by molar-refractivity contribution is 5.78. The van der Waals surface area contributed by atoms with Crippen LogP contribution in [0.4, 0.5) is 8.78 Å². The van der Waals surface area contributed by atoms with E-state index in [2.05, 4.69) is 10.2 Å². The van der Waals surface area contributed by atoms with Crippen LogP contribution in [0.15, 0.2) is 18.2 Å². The number of rotatable bonds is 5. The Morgan fingerprint density at radius 1 is 1.14 bits per heavy atom. The summed E-state index contributed by atoms with van der Waals surface area (Å²) < 4.78 is 26.0. The van der Waals surface area contributed by atoms with Gasteiger partial charge in [0.2, 0.25) is 5.91 Å². The van der Waals surface area contributed by atoms with Gasteiger partial charge in [-0.05, 0) is 37.7 Å². The Morgan fingerprint density at radius 3 is 2.38 bits per heavy atom. The van der Waals surface area contributed by atoms with Gasteiger partial charge >= 0.3 is 0 Å². The molecule has 0 radical (unpaired) electrons. The number of nitrogens with zero attached hydrogens (tertiary/aromatic N) is 2. The number of likely N-dealkylation sites (N-methyl/N-ethyl adjacent to an activating group) is 1. The highest BCUT2D eigenvalue weighted by Gasteiger charge is 2.18. The average molecular weight is 297 g/mol. The number of hydrogen-bond donors (Lipinski definition) is 1. The standard InChI is InChI=1S/C15H21F2N3O/c1-19-4-6-20(7-5-19)15(21)11-18-3-2-12-8-13(16)10-14(17)9-12/h8-10,18H,2-7,11H2,1H3. The molecule has 1 N–H and O–H groups in total. The number of benzene rings is 1. The van der Waals surface area contributed by atoms with Crippen molar-refractivity contribution < 1.29 is 13.6 Å². The minimum Gasteiger partial charge on any atom is -0.339 e. The maximum Gasteiger partial charge on any atom is 0.236 e. The van der Waals surface area contributed by atoms with Crippen molar-refractivity contribution in [3.8, 4) is 0 Å². The van der Waals surface area contributed by atoms with Crippen molar-refractivity contribution in [2.75, 3.05) is 46.3 Å². The summed E-state index contributed by atoms with van der Waals surface area (Å²) in [6.07, 6.45) is 0.491. The van der Waals surface area contributed by atoms with Crippen molar-refractivity contribution in [2.45, 2.75) is 6.42 Å². The zero-order chi connectivity index (χ0) is 15.2. The molecule has 1 saturated heterocycles. The summed E-state index contributed by atoms with van der Waals surface area (Å²) in [7, 11) is 2.04. The first-order valence-corrected chi connectivity index (χ1v) is 7.16. The van der Waals surface area contributed by atoms with Gasteiger partial charge < -0.3 is 15.1 Å². The van der Waals surface area contributed by atoms with Crippen molar-refractivity contribution in [1.29, 1.82) is 0 Å². The molecule has 1 amide bonds. The van der Waals surface area contributed by atoms with Gasteiger partial charge in [0.15, 0.2) is 0 Å². The van der Waals surface area contributed by atoms with Gasteiger partial charge in [-0.3, -0.25) is 4.79 Å². The lowest BCUT2D eigenvalue weighted by molar-refractivity contribution is -0.131. The van der Waals surface area contributed by atoms with Crippen LogP contribution in [0.2, 0.25) is 0 Å².